The second kappa shape index (κ2) is 6.92. The highest BCUT2D eigenvalue weighted by Gasteiger charge is 2.33. The fraction of sp³-hybridized carbons (Fsp3) is 0.318. The second-order valence-electron chi connectivity index (χ2n) is 8.39. The van der Waals surface area contributed by atoms with E-state index in [0.29, 0.717) is 28.5 Å². The van der Waals surface area contributed by atoms with E-state index in [0.717, 1.165) is 5.56 Å². The summed E-state index contributed by atoms with van der Waals surface area (Å²) in [6.07, 6.45) is 1.61. The minimum absolute atomic E-state index is 0.264. The van der Waals surface area contributed by atoms with Crippen molar-refractivity contribution in [1.82, 2.24) is 9.29 Å². The van der Waals surface area contributed by atoms with Gasteiger partial charge in [0.25, 0.3) is 0 Å². The number of carbonyl (C=O) groups excluding carboxylic acids is 1. The Bertz CT molecular complexity index is 1270. The fourth-order valence-corrected chi connectivity index (χ4v) is 5.30. The number of ether oxygens (including phenoxy) is 1. The van der Waals surface area contributed by atoms with Crippen molar-refractivity contribution in [2.24, 2.45) is 0 Å². The van der Waals surface area contributed by atoms with Crippen LogP contribution in [0.25, 0.3) is 22.0 Å². The van der Waals surface area contributed by atoms with Crippen LogP contribution in [-0.4, -0.2) is 24.7 Å². The van der Waals surface area contributed by atoms with Gasteiger partial charge in [0, 0.05) is 23.2 Å². The summed E-state index contributed by atoms with van der Waals surface area (Å²) in [6, 6.07) is 9.02. The number of nitrogens with one attached hydrogen (secondary N) is 1. The average Bonchev–Trinajstić information content (AvgIpc) is 3.14. The zero-order valence-corrected chi connectivity index (χ0v) is 18.0. The maximum absolute atomic E-state index is 14.0. The normalized spacial score (nSPS) is 17.8. The third kappa shape index (κ3) is 3.50. The van der Waals surface area contributed by atoms with Gasteiger partial charge in [-0.3, -0.25) is 4.57 Å². The Morgan fingerprint density at radius 2 is 1.93 bits per heavy atom. The van der Waals surface area contributed by atoms with E-state index in [4.69, 9.17) is 4.74 Å². The van der Waals surface area contributed by atoms with Gasteiger partial charge in [-0.05, 0) is 68.7 Å². The molecule has 1 atom stereocenters. The molecule has 0 saturated heterocycles. The number of aromatic nitrogens is 1. The minimum atomic E-state index is -3.52. The quantitative estimate of drug-likeness (QED) is 0.622. The van der Waals surface area contributed by atoms with E-state index < -0.39 is 27.5 Å². The smallest absolute Gasteiger partial charge is 0.419 e. The molecule has 1 N–H and O–H groups in total. The number of carbonyl (C=O) groups is 1. The summed E-state index contributed by atoms with van der Waals surface area (Å²) < 4.78 is 48.0. The lowest BCUT2D eigenvalue weighted by molar-refractivity contribution is 0.0544. The first-order chi connectivity index (χ1) is 14.0. The molecule has 0 fully saturated rings. The summed E-state index contributed by atoms with van der Waals surface area (Å²) in [6.45, 7) is 7.19. The molecule has 3 aromatic rings. The van der Waals surface area contributed by atoms with Gasteiger partial charge in [0.05, 0.1) is 10.4 Å². The Labute approximate surface area is 174 Å². The van der Waals surface area contributed by atoms with Gasteiger partial charge in [-0.25, -0.2) is 22.3 Å². The van der Waals surface area contributed by atoms with Crippen molar-refractivity contribution in [3.63, 3.8) is 0 Å². The van der Waals surface area contributed by atoms with Crippen molar-refractivity contribution in [2.75, 3.05) is 0 Å². The lowest BCUT2D eigenvalue weighted by Gasteiger charge is -2.19. The van der Waals surface area contributed by atoms with E-state index in [1.807, 2.05) is 13.0 Å². The number of hydrogen-bond acceptors (Lipinski definition) is 4. The second-order valence-corrected chi connectivity index (χ2v) is 10.1. The third-order valence-corrected chi connectivity index (χ3v) is 6.59. The van der Waals surface area contributed by atoms with Crippen LogP contribution in [0.5, 0.6) is 0 Å². The third-order valence-electron chi connectivity index (χ3n) is 5.05. The molecule has 2 aromatic carbocycles. The fourth-order valence-electron chi connectivity index (χ4n) is 3.74. The molecule has 0 aliphatic carbocycles. The van der Waals surface area contributed by atoms with Crippen LogP contribution in [0.15, 0.2) is 47.5 Å². The Kier molecular flexibility index (Phi) is 4.74. The highest BCUT2D eigenvalue weighted by Crippen LogP contribution is 2.38. The number of benzene rings is 2. The summed E-state index contributed by atoms with van der Waals surface area (Å²) in [5.74, 6) is -0.466. The average molecular weight is 431 g/mol. The zero-order valence-electron chi connectivity index (χ0n) is 17.2. The van der Waals surface area contributed by atoms with E-state index in [1.165, 1.54) is 16.7 Å². The monoisotopic (exact) mass is 430 g/mol. The van der Waals surface area contributed by atoms with Crippen molar-refractivity contribution in [1.29, 1.82) is 0 Å². The Hall–Kier alpha value is -2.71. The Morgan fingerprint density at radius 3 is 2.60 bits per heavy atom. The van der Waals surface area contributed by atoms with Gasteiger partial charge in [0.2, 0.25) is 10.0 Å². The van der Waals surface area contributed by atoms with Crippen molar-refractivity contribution < 1.29 is 22.3 Å². The van der Waals surface area contributed by atoms with E-state index in [2.05, 4.69) is 4.72 Å². The van der Waals surface area contributed by atoms with E-state index in [1.54, 1.807) is 45.2 Å². The maximum atomic E-state index is 14.0. The van der Waals surface area contributed by atoms with Crippen LogP contribution in [0.4, 0.5) is 9.18 Å². The van der Waals surface area contributed by atoms with Crippen LogP contribution in [0.2, 0.25) is 0 Å². The number of nitrogens with zero attached hydrogens (tertiary/aromatic N) is 1. The van der Waals surface area contributed by atoms with E-state index >= 15 is 0 Å². The molecular weight excluding hydrogens is 407 g/mol. The van der Waals surface area contributed by atoms with Crippen LogP contribution < -0.4 is 4.72 Å². The highest BCUT2D eigenvalue weighted by atomic mass is 32.2. The Morgan fingerprint density at radius 1 is 1.20 bits per heavy atom. The van der Waals surface area contributed by atoms with Crippen LogP contribution in [-0.2, 0) is 14.8 Å². The first-order valence-electron chi connectivity index (χ1n) is 9.71. The molecule has 0 bridgehead atoms. The number of sulfonamides is 1. The van der Waals surface area contributed by atoms with Crippen molar-refractivity contribution in [3.05, 3.63) is 54.0 Å². The maximum Gasteiger partial charge on any atom is 0.419 e. The molecular formula is C22H23FN2O4S. The van der Waals surface area contributed by atoms with Crippen LogP contribution in [0.3, 0.4) is 0 Å². The molecule has 1 unspecified atom stereocenters. The largest absolute Gasteiger partial charge is 0.443 e. The van der Waals surface area contributed by atoms with Crippen LogP contribution in [0.1, 0.15) is 45.7 Å². The molecule has 0 amide bonds. The molecule has 8 heteroatoms. The van der Waals surface area contributed by atoms with Gasteiger partial charge in [-0.2, -0.15) is 0 Å². The molecule has 0 spiro atoms. The van der Waals surface area contributed by atoms with Gasteiger partial charge in [0.1, 0.15) is 11.4 Å². The molecule has 30 heavy (non-hydrogen) atoms. The standard InChI is InChI=1S/C22H23FN2O4S/c1-5-18-16-10-13(6-9-20(16)30(27,28)24-18)17-12-25(21(26)29-22(2,3)4)19-11-14(23)7-8-15(17)19/h6-12,18,24H,5H2,1-4H3. The lowest BCUT2D eigenvalue weighted by Crippen LogP contribution is -2.26. The van der Waals surface area contributed by atoms with Gasteiger partial charge in [-0.15, -0.1) is 0 Å². The summed E-state index contributed by atoms with van der Waals surface area (Å²) in [7, 11) is -3.52. The number of rotatable bonds is 2. The predicted molar refractivity (Wildman–Crippen MR) is 112 cm³/mol. The molecule has 4 rings (SSSR count). The predicted octanol–water partition coefficient (Wildman–Crippen LogP) is 4.97. The SMILES string of the molecule is CCC1NS(=O)(=O)c2ccc(-c3cn(C(=O)OC(C)(C)C)c4cc(F)ccc34)cc21. The first-order valence-corrected chi connectivity index (χ1v) is 11.2. The Balaban J connectivity index is 1.90. The van der Waals surface area contributed by atoms with Crippen molar-refractivity contribution >= 4 is 27.0 Å². The van der Waals surface area contributed by atoms with Gasteiger partial charge in [-0.1, -0.05) is 13.0 Å². The molecule has 1 aliphatic heterocycles. The van der Waals surface area contributed by atoms with Gasteiger partial charge >= 0.3 is 6.09 Å². The number of halogens is 1. The molecule has 0 saturated carbocycles. The molecule has 2 heterocycles. The first kappa shape index (κ1) is 20.6. The van der Waals surface area contributed by atoms with Gasteiger partial charge in [0.15, 0.2) is 0 Å². The highest BCUT2D eigenvalue weighted by molar-refractivity contribution is 7.89. The molecule has 1 aliphatic rings. The summed E-state index contributed by atoms with van der Waals surface area (Å²) in [5, 5.41) is 0.670. The molecule has 1 aromatic heterocycles. The molecule has 158 valence electrons. The summed E-state index contributed by atoms with van der Waals surface area (Å²) in [5.41, 5.74) is 1.80. The molecule has 0 radical (unpaired) electrons. The lowest BCUT2D eigenvalue weighted by atomic mass is 9.98. The zero-order chi connectivity index (χ0) is 21.8. The number of hydrogen-bond donors (Lipinski definition) is 1. The topological polar surface area (TPSA) is 77.4 Å². The summed E-state index contributed by atoms with van der Waals surface area (Å²) in [4.78, 5) is 13.0. The van der Waals surface area contributed by atoms with E-state index in [9.17, 15) is 17.6 Å². The van der Waals surface area contributed by atoms with Crippen molar-refractivity contribution in [2.45, 2.75) is 50.7 Å². The molecule has 6 nitrogen and oxygen atoms in total. The number of fused-ring (bicyclic) bond motifs is 2. The van der Waals surface area contributed by atoms with E-state index in [-0.39, 0.29) is 10.9 Å². The van der Waals surface area contributed by atoms with Crippen LogP contribution >= 0.6 is 0 Å². The minimum Gasteiger partial charge on any atom is -0.443 e. The van der Waals surface area contributed by atoms with Crippen molar-refractivity contribution in [3.8, 4) is 11.1 Å². The van der Waals surface area contributed by atoms with Gasteiger partial charge < -0.3 is 4.74 Å². The van der Waals surface area contributed by atoms with Crippen LogP contribution in [0, 0.1) is 5.82 Å². The summed E-state index contributed by atoms with van der Waals surface area (Å²) >= 11 is 0.